The Morgan fingerprint density at radius 1 is 0.963 bits per heavy atom. The van der Waals surface area contributed by atoms with E-state index in [9.17, 15) is 9.59 Å². The summed E-state index contributed by atoms with van der Waals surface area (Å²) in [4.78, 5) is 23.8. The van der Waals surface area contributed by atoms with Gasteiger partial charge in [0.2, 0.25) is 0 Å². The average Bonchev–Trinajstić information content (AvgIpc) is 2.71. The highest BCUT2D eigenvalue weighted by Crippen LogP contribution is 2.18. The zero-order valence-corrected chi connectivity index (χ0v) is 14.8. The van der Waals surface area contributed by atoms with Crippen molar-refractivity contribution in [2.45, 2.75) is 0 Å². The first kappa shape index (κ1) is 18.2. The maximum Gasteiger partial charge on any atom is 0.331 e. The number of carbonyl (C=O) groups is 2. The van der Waals surface area contributed by atoms with E-state index in [1.807, 2.05) is 60.7 Å². The predicted octanol–water partition coefficient (Wildman–Crippen LogP) is 4.04. The van der Waals surface area contributed by atoms with Crippen molar-refractivity contribution in [1.29, 1.82) is 0 Å². The molecule has 0 aromatic heterocycles. The van der Waals surface area contributed by atoms with Gasteiger partial charge in [-0.25, -0.2) is 4.79 Å². The highest BCUT2D eigenvalue weighted by atomic mass is 16.5. The van der Waals surface area contributed by atoms with Crippen LogP contribution in [0.5, 0.6) is 5.75 Å². The summed E-state index contributed by atoms with van der Waals surface area (Å²) >= 11 is 0. The SMILES string of the molecule is COc1cccc(C=CC(=O)OCC(=O)Nc2ccc3ccccc3c2)c1. The van der Waals surface area contributed by atoms with E-state index < -0.39 is 11.9 Å². The fourth-order valence-electron chi connectivity index (χ4n) is 2.56. The second-order valence-electron chi connectivity index (χ2n) is 5.83. The molecule has 0 saturated heterocycles. The van der Waals surface area contributed by atoms with Gasteiger partial charge >= 0.3 is 5.97 Å². The summed E-state index contributed by atoms with van der Waals surface area (Å²) in [5.74, 6) is -0.292. The van der Waals surface area contributed by atoms with Gasteiger partial charge in [-0.05, 0) is 46.7 Å². The predicted molar refractivity (Wildman–Crippen MR) is 106 cm³/mol. The number of methoxy groups -OCH3 is 1. The van der Waals surface area contributed by atoms with E-state index in [4.69, 9.17) is 9.47 Å². The Kier molecular flexibility index (Phi) is 5.84. The Balaban J connectivity index is 1.51. The monoisotopic (exact) mass is 361 g/mol. The fourth-order valence-corrected chi connectivity index (χ4v) is 2.56. The van der Waals surface area contributed by atoms with Gasteiger partial charge in [0, 0.05) is 11.8 Å². The van der Waals surface area contributed by atoms with Gasteiger partial charge in [0.05, 0.1) is 7.11 Å². The Labute approximate surface area is 157 Å². The minimum absolute atomic E-state index is 0.353. The van der Waals surface area contributed by atoms with Crippen molar-refractivity contribution in [2.24, 2.45) is 0 Å². The van der Waals surface area contributed by atoms with E-state index in [2.05, 4.69) is 5.32 Å². The summed E-state index contributed by atoms with van der Waals surface area (Å²) in [6.07, 6.45) is 2.88. The van der Waals surface area contributed by atoms with E-state index in [1.54, 1.807) is 19.3 Å². The van der Waals surface area contributed by atoms with Crippen LogP contribution < -0.4 is 10.1 Å². The maximum atomic E-state index is 12.0. The molecule has 0 atom stereocenters. The first-order valence-electron chi connectivity index (χ1n) is 8.41. The normalized spacial score (nSPS) is 10.7. The molecule has 0 saturated carbocycles. The summed E-state index contributed by atoms with van der Waals surface area (Å²) in [5.41, 5.74) is 1.45. The highest BCUT2D eigenvalue weighted by molar-refractivity contribution is 5.96. The Morgan fingerprint density at radius 3 is 2.59 bits per heavy atom. The number of benzene rings is 3. The molecule has 136 valence electrons. The van der Waals surface area contributed by atoms with Crippen LogP contribution in [0.3, 0.4) is 0 Å². The van der Waals surface area contributed by atoms with E-state index in [0.717, 1.165) is 16.3 Å². The summed E-state index contributed by atoms with van der Waals surface area (Å²) < 4.78 is 10.1. The molecule has 0 spiro atoms. The molecule has 0 radical (unpaired) electrons. The van der Waals surface area contributed by atoms with Crippen molar-refractivity contribution >= 4 is 34.4 Å². The molecule has 3 rings (SSSR count). The molecule has 0 aliphatic heterocycles. The van der Waals surface area contributed by atoms with E-state index in [0.29, 0.717) is 11.4 Å². The van der Waals surface area contributed by atoms with Crippen LogP contribution in [-0.2, 0) is 14.3 Å². The standard InChI is InChI=1S/C22H19NO4/c1-26-20-8-4-5-16(13-20)9-12-22(25)27-15-21(24)23-19-11-10-17-6-2-3-7-18(17)14-19/h2-14H,15H2,1H3,(H,23,24). The van der Waals surface area contributed by atoms with Crippen molar-refractivity contribution in [3.05, 3.63) is 78.4 Å². The first-order chi connectivity index (χ1) is 13.1. The van der Waals surface area contributed by atoms with Crippen molar-refractivity contribution in [3.63, 3.8) is 0 Å². The van der Waals surface area contributed by atoms with Crippen LogP contribution in [0.2, 0.25) is 0 Å². The van der Waals surface area contributed by atoms with Gasteiger partial charge in [-0.3, -0.25) is 4.79 Å². The number of anilines is 1. The van der Waals surface area contributed by atoms with Gasteiger partial charge < -0.3 is 14.8 Å². The van der Waals surface area contributed by atoms with Crippen LogP contribution in [-0.4, -0.2) is 25.6 Å². The van der Waals surface area contributed by atoms with Crippen LogP contribution >= 0.6 is 0 Å². The number of amides is 1. The van der Waals surface area contributed by atoms with E-state index >= 15 is 0 Å². The zero-order chi connectivity index (χ0) is 19.1. The smallest absolute Gasteiger partial charge is 0.331 e. The molecule has 1 amide bonds. The van der Waals surface area contributed by atoms with Crippen LogP contribution in [0, 0.1) is 0 Å². The number of hydrogen-bond acceptors (Lipinski definition) is 4. The molecule has 3 aromatic carbocycles. The van der Waals surface area contributed by atoms with Crippen LogP contribution in [0.1, 0.15) is 5.56 Å². The van der Waals surface area contributed by atoms with Gasteiger partial charge in [0.15, 0.2) is 6.61 Å². The molecule has 3 aromatic rings. The van der Waals surface area contributed by atoms with Crippen LogP contribution in [0.15, 0.2) is 72.8 Å². The third-order valence-corrected chi connectivity index (χ3v) is 3.88. The molecule has 1 N–H and O–H groups in total. The maximum absolute atomic E-state index is 12.0. The number of hydrogen-bond donors (Lipinski definition) is 1. The van der Waals surface area contributed by atoms with Crippen LogP contribution in [0.4, 0.5) is 5.69 Å². The molecule has 0 aliphatic rings. The topological polar surface area (TPSA) is 64.6 Å². The van der Waals surface area contributed by atoms with Crippen molar-refractivity contribution < 1.29 is 19.1 Å². The summed E-state index contributed by atoms with van der Waals surface area (Å²) in [6, 6.07) is 20.7. The number of ether oxygens (including phenoxy) is 2. The lowest BCUT2D eigenvalue weighted by atomic mass is 10.1. The summed E-state index contributed by atoms with van der Waals surface area (Å²) in [5, 5.41) is 4.83. The molecule has 0 aliphatic carbocycles. The summed E-state index contributed by atoms with van der Waals surface area (Å²) in [7, 11) is 1.57. The second-order valence-corrected chi connectivity index (χ2v) is 5.83. The molecule has 0 fully saturated rings. The minimum atomic E-state index is -0.591. The molecular formula is C22H19NO4. The minimum Gasteiger partial charge on any atom is -0.497 e. The number of carbonyl (C=O) groups excluding carboxylic acids is 2. The van der Waals surface area contributed by atoms with Crippen molar-refractivity contribution in [2.75, 3.05) is 19.0 Å². The van der Waals surface area contributed by atoms with Gasteiger partial charge in [0.25, 0.3) is 5.91 Å². The molecule has 27 heavy (non-hydrogen) atoms. The quantitative estimate of drug-likeness (QED) is 0.531. The number of rotatable bonds is 6. The highest BCUT2D eigenvalue weighted by Gasteiger charge is 2.06. The van der Waals surface area contributed by atoms with Crippen molar-refractivity contribution in [3.8, 4) is 5.75 Å². The van der Waals surface area contributed by atoms with Crippen molar-refractivity contribution in [1.82, 2.24) is 0 Å². The number of fused-ring (bicyclic) bond motifs is 1. The van der Waals surface area contributed by atoms with Gasteiger partial charge in [-0.1, -0.05) is 42.5 Å². The molecule has 0 bridgehead atoms. The Morgan fingerprint density at radius 2 is 1.78 bits per heavy atom. The first-order valence-corrected chi connectivity index (χ1v) is 8.41. The molecule has 5 nitrogen and oxygen atoms in total. The Hall–Kier alpha value is -3.60. The fraction of sp³-hybridized carbons (Fsp3) is 0.0909. The Bertz CT molecular complexity index is 994. The lowest BCUT2D eigenvalue weighted by Gasteiger charge is -2.07. The van der Waals surface area contributed by atoms with Crippen LogP contribution in [0.25, 0.3) is 16.8 Å². The van der Waals surface area contributed by atoms with Gasteiger partial charge in [0.1, 0.15) is 5.75 Å². The number of nitrogens with one attached hydrogen (secondary N) is 1. The number of esters is 1. The lowest BCUT2D eigenvalue weighted by molar-refractivity contribution is -0.142. The van der Waals surface area contributed by atoms with E-state index in [-0.39, 0.29) is 6.61 Å². The largest absolute Gasteiger partial charge is 0.497 e. The lowest BCUT2D eigenvalue weighted by Crippen LogP contribution is -2.20. The zero-order valence-electron chi connectivity index (χ0n) is 14.8. The molecule has 0 unspecified atom stereocenters. The third-order valence-electron chi connectivity index (χ3n) is 3.88. The second kappa shape index (κ2) is 8.67. The third kappa shape index (κ3) is 5.19. The van der Waals surface area contributed by atoms with E-state index in [1.165, 1.54) is 6.08 Å². The average molecular weight is 361 g/mol. The molecular weight excluding hydrogens is 342 g/mol. The van der Waals surface area contributed by atoms with Gasteiger partial charge in [-0.2, -0.15) is 0 Å². The van der Waals surface area contributed by atoms with Gasteiger partial charge in [-0.15, -0.1) is 0 Å². The summed E-state index contributed by atoms with van der Waals surface area (Å²) in [6.45, 7) is -0.353. The molecule has 5 heteroatoms. The molecule has 0 heterocycles.